The predicted molar refractivity (Wildman–Crippen MR) is 71.5 cm³/mol. The zero-order valence-corrected chi connectivity index (χ0v) is 11.8. The Morgan fingerprint density at radius 1 is 1.40 bits per heavy atom. The van der Waals surface area contributed by atoms with Crippen LogP contribution in [0.15, 0.2) is 4.52 Å². The van der Waals surface area contributed by atoms with Gasteiger partial charge in [-0.15, -0.1) is 0 Å². The maximum atomic E-state index is 12.2. The summed E-state index contributed by atoms with van der Waals surface area (Å²) in [4.78, 5) is 23.5. The van der Waals surface area contributed by atoms with Crippen molar-refractivity contribution in [1.29, 1.82) is 0 Å². The highest BCUT2D eigenvalue weighted by atomic mass is 16.5. The van der Waals surface area contributed by atoms with E-state index >= 15 is 0 Å². The van der Waals surface area contributed by atoms with Crippen molar-refractivity contribution in [2.24, 2.45) is 5.92 Å². The molecule has 110 valence electrons. The molecule has 1 aromatic rings. The van der Waals surface area contributed by atoms with Gasteiger partial charge in [-0.2, -0.15) is 0 Å². The molecule has 0 saturated carbocycles. The van der Waals surface area contributed by atoms with E-state index < -0.39 is 17.9 Å². The lowest BCUT2D eigenvalue weighted by atomic mass is 9.95. The predicted octanol–water partition coefficient (Wildman–Crippen LogP) is 1.78. The molecule has 0 radical (unpaired) electrons. The van der Waals surface area contributed by atoms with E-state index in [1.54, 1.807) is 6.92 Å². The first-order valence-electron chi connectivity index (χ1n) is 7.05. The third kappa shape index (κ3) is 2.84. The normalized spacial score (nSPS) is 17.1. The number of aliphatic carboxylic acids is 1. The molecule has 2 rings (SSSR count). The van der Waals surface area contributed by atoms with E-state index in [4.69, 9.17) is 4.52 Å². The van der Waals surface area contributed by atoms with E-state index in [0.717, 1.165) is 37.0 Å². The van der Waals surface area contributed by atoms with Gasteiger partial charge in [-0.3, -0.25) is 4.79 Å². The van der Waals surface area contributed by atoms with Crippen molar-refractivity contribution in [1.82, 2.24) is 10.5 Å². The fraction of sp³-hybridized carbons (Fsp3) is 0.643. The Labute approximate surface area is 117 Å². The van der Waals surface area contributed by atoms with Crippen molar-refractivity contribution < 1.29 is 19.2 Å². The Bertz CT molecular complexity index is 509. The van der Waals surface area contributed by atoms with E-state index in [1.165, 1.54) is 0 Å². The van der Waals surface area contributed by atoms with Crippen molar-refractivity contribution in [3.63, 3.8) is 0 Å². The molecule has 1 heterocycles. The molecule has 1 aliphatic carbocycles. The maximum absolute atomic E-state index is 12.2. The molecule has 0 unspecified atom stereocenters. The van der Waals surface area contributed by atoms with E-state index in [2.05, 4.69) is 10.5 Å². The molecular formula is C14H20N2O4. The van der Waals surface area contributed by atoms with Gasteiger partial charge in [0.05, 0.1) is 0 Å². The third-order valence-corrected chi connectivity index (χ3v) is 3.93. The van der Waals surface area contributed by atoms with Crippen molar-refractivity contribution in [3.8, 4) is 0 Å². The lowest BCUT2D eigenvalue weighted by Crippen LogP contribution is -2.45. The number of carboxylic acid groups (broad SMARTS) is 1. The van der Waals surface area contributed by atoms with Gasteiger partial charge in [0.2, 0.25) is 0 Å². The van der Waals surface area contributed by atoms with Crippen molar-refractivity contribution >= 4 is 11.9 Å². The first kappa shape index (κ1) is 14.6. The minimum absolute atomic E-state index is 0.140. The Balaban J connectivity index is 2.15. The van der Waals surface area contributed by atoms with Crippen LogP contribution in [0.1, 0.15) is 54.9 Å². The number of hydrogen-bond donors (Lipinski definition) is 2. The zero-order valence-electron chi connectivity index (χ0n) is 11.8. The number of carbonyl (C=O) groups excluding carboxylic acids is 1. The summed E-state index contributed by atoms with van der Waals surface area (Å²) in [7, 11) is 0. The smallest absolute Gasteiger partial charge is 0.326 e. The van der Waals surface area contributed by atoms with Crippen LogP contribution in [-0.2, 0) is 17.6 Å². The second-order valence-electron chi connectivity index (χ2n) is 5.31. The topological polar surface area (TPSA) is 92.4 Å². The van der Waals surface area contributed by atoms with Crippen LogP contribution in [0.25, 0.3) is 0 Å². The summed E-state index contributed by atoms with van der Waals surface area (Å²) in [5.41, 5.74) is 1.08. The monoisotopic (exact) mass is 280 g/mol. The number of aryl methyl sites for hydroxylation is 1. The van der Waals surface area contributed by atoms with E-state index in [-0.39, 0.29) is 11.6 Å². The Morgan fingerprint density at radius 3 is 2.75 bits per heavy atom. The van der Waals surface area contributed by atoms with Crippen LogP contribution in [0.4, 0.5) is 0 Å². The van der Waals surface area contributed by atoms with Crippen LogP contribution in [0.3, 0.4) is 0 Å². The summed E-state index contributed by atoms with van der Waals surface area (Å²) in [5.74, 6) is -0.856. The van der Waals surface area contributed by atoms with Gasteiger partial charge < -0.3 is 14.9 Å². The summed E-state index contributed by atoms with van der Waals surface area (Å²) in [6.07, 6.45) is 4.27. The fourth-order valence-corrected chi connectivity index (χ4v) is 2.46. The molecule has 6 heteroatoms. The van der Waals surface area contributed by atoms with Crippen LogP contribution >= 0.6 is 0 Å². The van der Waals surface area contributed by atoms with E-state index in [9.17, 15) is 14.7 Å². The number of hydrogen-bond acceptors (Lipinski definition) is 4. The summed E-state index contributed by atoms with van der Waals surface area (Å²) in [5, 5.41) is 15.6. The number of nitrogens with zero attached hydrogens (tertiary/aromatic N) is 1. The molecule has 0 bridgehead atoms. The third-order valence-electron chi connectivity index (χ3n) is 3.93. The maximum Gasteiger partial charge on any atom is 0.326 e. The van der Waals surface area contributed by atoms with Crippen molar-refractivity contribution in [2.75, 3.05) is 0 Å². The van der Waals surface area contributed by atoms with Gasteiger partial charge in [0.25, 0.3) is 5.91 Å². The summed E-state index contributed by atoms with van der Waals surface area (Å²) < 4.78 is 5.18. The van der Waals surface area contributed by atoms with Crippen molar-refractivity contribution in [3.05, 3.63) is 17.0 Å². The number of aromatic nitrogens is 1. The SMILES string of the molecule is CC[C@H](C)[C@H](NC(=O)c1noc2c1CCCC2)C(=O)O. The number of carboxylic acids is 1. The molecule has 0 saturated heterocycles. The van der Waals surface area contributed by atoms with E-state index in [1.807, 2.05) is 6.92 Å². The number of fused-ring (bicyclic) bond motifs is 1. The number of amides is 1. The average Bonchev–Trinajstić information content (AvgIpc) is 2.87. The van der Waals surface area contributed by atoms with Crippen LogP contribution < -0.4 is 5.32 Å². The summed E-state index contributed by atoms with van der Waals surface area (Å²) in [6.45, 7) is 3.70. The molecule has 6 nitrogen and oxygen atoms in total. The summed E-state index contributed by atoms with van der Waals surface area (Å²) in [6, 6.07) is -0.900. The van der Waals surface area contributed by atoms with Gasteiger partial charge in [0.1, 0.15) is 11.8 Å². The number of nitrogens with one attached hydrogen (secondary N) is 1. The Hall–Kier alpha value is -1.85. The van der Waals surface area contributed by atoms with Crippen molar-refractivity contribution in [2.45, 2.75) is 52.0 Å². The van der Waals surface area contributed by atoms with E-state index in [0.29, 0.717) is 6.42 Å². The number of rotatable bonds is 5. The highest BCUT2D eigenvalue weighted by molar-refractivity contribution is 5.96. The fourth-order valence-electron chi connectivity index (χ4n) is 2.46. The molecule has 20 heavy (non-hydrogen) atoms. The molecule has 1 aliphatic rings. The molecule has 2 N–H and O–H groups in total. The highest BCUT2D eigenvalue weighted by Gasteiger charge is 2.29. The molecule has 1 aromatic heterocycles. The quantitative estimate of drug-likeness (QED) is 0.857. The second-order valence-corrected chi connectivity index (χ2v) is 5.31. The zero-order chi connectivity index (χ0) is 14.7. The number of carbonyl (C=O) groups is 2. The molecule has 0 aliphatic heterocycles. The van der Waals surface area contributed by atoms with Crippen LogP contribution in [0.5, 0.6) is 0 Å². The van der Waals surface area contributed by atoms with Gasteiger partial charge in [0.15, 0.2) is 5.69 Å². The Morgan fingerprint density at radius 2 is 2.10 bits per heavy atom. The standard InChI is InChI=1S/C14H20N2O4/c1-3-8(2)11(14(18)19)15-13(17)12-9-6-4-5-7-10(9)20-16-12/h8,11H,3-7H2,1-2H3,(H,15,17)(H,18,19)/t8-,11-/m0/s1. The molecule has 0 spiro atoms. The van der Waals surface area contributed by atoms with Gasteiger partial charge in [0, 0.05) is 12.0 Å². The largest absolute Gasteiger partial charge is 0.480 e. The van der Waals surface area contributed by atoms with Gasteiger partial charge in [-0.05, 0) is 25.2 Å². The molecule has 2 atom stereocenters. The molecule has 0 fully saturated rings. The first-order valence-corrected chi connectivity index (χ1v) is 7.05. The molecule has 1 amide bonds. The van der Waals surface area contributed by atoms with Gasteiger partial charge in [-0.1, -0.05) is 25.4 Å². The minimum atomic E-state index is -1.02. The molecule has 0 aromatic carbocycles. The lowest BCUT2D eigenvalue weighted by molar-refractivity contribution is -0.140. The van der Waals surface area contributed by atoms with Crippen LogP contribution in [-0.4, -0.2) is 28.2 Å². The second kappa shape index (κ2) is 6.07. The van der Waals surface area contributed by atoms with Crippen LogP contribution in [0, 0.1) is 5.92 Å². The van der Waals surface area contributed by atoms with Gasteiger partial charge >= 0.3 is 5.97 Å². The lowest BCUT2D eigenvalue weighted by Gasteiger charge is -2.19. The Kier molecular flexibility index (Phi) is 4.42. The van der Waals surface area contributed by atoms with Gasteiger partial charge in [-0.25, -0.2) is 4.79 Å². The highest BCUT2D eigenvalue weighted by Crippen LogP contribution is 2.24. The summed E-state index contributed by atoms with van der Waals surface area (Å²) >= 11 is 0. The average molecular weight is 280 g/mol. The van der Waals surface area contributed by atoms with Crippen LogP contribution in [0.2, 0.25) is 0 Å². The molecular weight excluding hydrogens is 260 g/mol. The minimum Gasteiger partial charge on any atom is -0.480 e. The first-order chi connectivity index (χ1) is 9.54.